The van der Waals surface area contributed by atoms with E-state index in [2.05, 4.69) is 50.3 Å². The van der Waals surface area contributed by atoms with Gasteiger partial charge in [0.2, 0.25) is 0 Å². The van der Waals surface area contributed by atoms with Gasteiger partial charge in [0.15, 0.2) is 0 Å². The van der Waals surface area contributed by atoms with Crippen LogP contribution in [0.2, 0.25) is 0 Å². The standard InChI is InChI=1S/C18H32/c1-3-5-7-9-11-13-15-17-18-16-14-12-10-8-6-4-2/h7,9,11,13,17-18H,3-6,8,10,12,14-16H2,1-2H3. The van der Waals surface area contributed by atoms with Gasteiger partial charge in [-0.15, -0.1) is 0 Å². The van der Waals surface area contributed by atoms with Gasteiger partial charge in [-0.25, -0.2) is 0 Å². The summed E-state index contributed by atoms with van der Waals surface area (Å²) in [5, 5.41) is 0. The topological polar surface area (TPSA) is 0 Å². The highest BCUT2D eigenvalue weighted by atomic mass is 13.9. The van der Waals surface area contributed by atoms with Crippen LogP contribution in [0.3, 0.4) is 0 Å². The minimum atomic E-state index is 1.08. The van der Waals surface area contributed by atoms with E-state index in [0.29, 0.717) is 0 Å². The molecule has 0 fully saturated rings. The van der Waals surface area contributed by atoms with Crippen molar-refractivity contribution in [1.82, 2.24) is 0 Å². The Kier molecular flexibility index (Phi) is 15.5. The van der Waals surface area contributed by atoms with Gasteiger partial charge >= 0.3 is 0 Å². The molecule has 0 aromatic heterocycles. The molecular weight excluding hydrogens is 216 g/mol. The Balaban J connectivity index is 3.22. The molecule has 0 bridgehead atoms. The van der Waals surface area contributed by atoms with Gasteiger partial charge in [0.05, 0.1) is 0 Å². The molecule has 0 heterocycles. The normalized spacial score (nSPS) is 12.3. The summed E-state index contributed by atoms with van der Waals surface area (Å²) in [6, 6.07) is 0. The van der Waals surface area contributed by atoms with Crippen molar-refractivity contribution in [3.05, 3.63) is 36.5 Å². The maximum Gasteiger partial charge on any atom is -0.0166 e. The molecule has 0 saturated carbocycles. The Bertz CT molecular complexity index is 220. The van der Waals surface area contributed by atoms with Gasteiger partial charge in [-0.3, -0.25) is 0 Å². The first kappa shape index (κ1) is 17.2. The molecule has 0 aliphatic rings. The van der Waals surface area contributed by atoms with Crippen LogP contribution in [0, 0.1) is 0 Å². The van der Waals surface area contributed by atoms with E-state index < -0.39 is 0 Å². The van der Waals surface area contributed by atoms with Crippen LogP contribution in [0.15, 0.2) is 36.5 Å². The van der Waals surface area contributed by atoms with Crippen LogP contribution >= 0.6 is 0 Å². The summed E-state index contributed by atoms with van der Waals surface area (Å²) >= 11 is 0. The Morgan fingerprint density at radius 2 is 1.28 bits per heavy atom. The Morgan fingerprint density at radius 3 is 2.06 bits per heavy atom. The number of hydrogen-bond acceptors (Lipinski definition) is 0. The predicted octanol–water partition coefficient (Wildman–Crippen LogP) is 6.60. The van der Waals surface area contributed by atoms with Crippen molar-refractivity contribution in [2.24, 2.45) is 0 Å². The van der Waals surface area contributed by atoms with Crippen molar-refractivity contribution in [1.29, 1.82) is 0 Å². The lowest BCUT2D eigenvalue weighted by molar-refractivity contribution is 0.611. The zero-order chi connectivity index (χ0) is 13.3. The Morgan fingerprint density at radius 1 is 0.556 bits per heavy atom. The van der Waals surface area contributed by atoms with Gasteiger partial charge < -0.3 is 0 Å². The minimum Gasteiger partial charge on any atom is -0.0882 e. The molecule has 0 aromatic carbocycles. The van der Waals surface area contributed by atoms with Crippen LogP contribution in [-0.4, -0.2) is 0 Å². The van der Waals surface area contributed by atoms with E-state index in [-0.39, 0.29) is 0 Å². The lowest BCUT2D eigenvalue weighted by Crippen LogP contribution is -1.77. The summed E-state index contributed by atoms with van der Waals surface area (Å²) in [4.78, 5) is 0. The van der Waals surface area contributed by atoms with Crippen LogP contribution in [0.5, 0.6) is 0 Å². The van der Waals surface area contributed by atoms with Crippen LogP contribution in [0.25, 0.3) is 0 Å². The van der Waals surface area contributed by atoms with Crippen LogP contribution in [0.4, 0.5) is 0 Å². The summed E-state index contributed by atoms with van der Waals surface area (Å²) in [7, 11) is 0. The second-order valence-corrected chi connectivity index (χ2v) is 4.91. The van der Waals surface area contributed by atoms with E-state index in [1.807, 2.05) is 0 Å². The summed E-state index contributed by atoms with van der Waals surface area (Å²) in [5.41, 5.74) is 0. The van der Waals surface area contributed by atoms with E-state index in [9.17, 15) is 0 Å². The quantitative estimate of drug-likeness (QED) is 0.207. The van der Waals surface area contributed by atoms with E-state index in [1.54, 1.807) is 0 Å². The zero-order valence-electron chi connectivity index (χ0n) is 12.5. The lowest BCUT2D eigenvalue weighted by Gasteiger charge is -1.97. The fraction of sp³-hybridized carbons (Fsp3) is 0.667. The largest absolute Gasteiger partial charge is 0.0882 e. The van der Waals surface area contributed by atoms with Gasteiger partial charge in [-0.05, 0) is 25.7 Å². The van der Waals surface area contributed by atoms with E-state index in [4.69, 9.17) is 0 Å². The van der Waals surface area contributed by atoms with Crippen molar-refractivity contribution in [3.8, 4) is 0 Å². The van der Waals surface area contributed by atoms with Crippen molar-refractivity contribution >= 4 is 0 Å². The molecule has 0 aromatic rings. The molecular formula is C18H32. The van der Waals surface area contributed by atoms with Crippen molar-refractivity contribution in [3.63, 3.8) is 0 Å². The smallest absolute Gasteiger partial charge is 0.0166 e. The first-order valence-corrected chi connectivity index (χ1v) is 7.88. The lowest BCUT2D eigenvalue weighted by atomic mass is 10.1. The number of rotatable bonds is 12. The monoisotopic (exact) mass is 248 g/mol. The van der Waals surface area contributed by atoms with Gasteiger partial charge in [-0.2, -0.15) is 0 Å². The highest BCUT2D eigenvalue weighted by Crippen LogP contribution is 2.07. The Labute approximate surface area is 115 Å². The average Bonchev–Trinajstić information content (AvgIpc) is 2.39. The molecule has 0 radical (unpaired) electrons. The number of hydrogen-bond donors (Lipinski definition) is 0. The molecule has 0 aliphatic carbocycles. The fourth-order valence-electron chi connectivity index (χ4n) is 1.83. The highest BCUT2D eigenvalue weighted by molar-refractivity contribution is 5.04. The molecule has 0 heteroatoms. The van der Waals surface area contributed by atoms with E-state index in [0.717, 1.165) is 6.42 Å². The van der Waals surface area contributed by atoms with Gasteiger partial charge in [0.1, 0.15) is 0 Å². The molecule has 0 saturated heterocycles. The van der Waals surface area contributed by atoms with Crippen molar-refractivity contribution < 1.29 is 0 Å². The molecule has 0 nitrogen and oxygen atoms in total. The van der Waals surface area contributed by atoms with Crippen molar-refractivity contribution in [2.45, 2.75) is 78.1 Å². The SMILES string of the molecule is CCCC=CC=CCC=CCCCCCCCC. The first-order valence-electron chi connectivity index (χ1n) is 7.88. The van der Waals surface area contributed by atoms with E-state index in [1.165, 1.54) is 57.8 Å². The van der Waals surface area contributed by atoms with E-state index >= 15 is 0 Å². The fourth-order valence-corrected chi connectivity index (χ4v) is 1.83. The summed E-state index contributed by atoms with van der Waals surface area (Å²) in [5.74, 6) is 0. The molecule has 0 rings (SSSR count). The number of unbranched alkanes of at least 4 members (excludes halogenated alkanes) is 7. The third-order valence-electron chi connectivity index (χ3n) is 3.00. The highest BCUT2D eigenvalue weighted by Gasteiger charge is 1.87. The summed E-state index contributed by atoms with van der Waals surface area (Å²) < 4.78 is 0. The van der Waals surface area contributed by atoms with Crippen molar-refractivity contribution in [2.75, 3.05) is 0 Å². The maximum atomic E-state index is 2.33. The molecule has 0 N–H and O–H groups in total. The third-order valence-corrected chi connectivity index (χ3v) is 3.00. The molecule has 0 unspecified atom stereocenters. The molecule has 0 atom stereocenters. The minimum absolute atomic E-state index is 1.08. The van der Waals surface area contributed by atoms with Crippen LogP contribution < -0.4 is 0 Å². The van der Waals surface area contributed by atoms with Crippen LogP contribution in [-0.2, 0) is 0 Å². The maximum absolute atomic E-state index is 2.33. The third kappa shape index (κ3) is 15.2. The molecule has 0 spiro atoms. The van der Waals surface area contributed by atoms with Gasteiger partial charge in [0, 0.05) is 0 Å². The van der Waals surface area contributed by atoms with Gasteiger partial charge in [-0.1, -0.05) is 88.8 Å². The second kappa shape index (κ2) is 16.2. The molecule has 0 amide bonds. The Hall–Kier alpha value is -0.780. The molecule has 0 aliphatic heterocycles. The molecule has 104 valence electrons. The van der Waals surface area contributed by atoms with Crippen LogP contribution in [0.1, 0.15) is 78.1 Å². The zero-order valence-corrected chi connectivity index (χ0v) is 12.5. The summed E-state index contributed by atoms with van der Waals surface area (Å²) in [6.45, 7) is 4.48. The van der Waals surface area contributed by atoms with Gasteiger partial charge in [0.25, 0.3) is 0 Å². The second-order valence-electron chi connectivity index (χ2n) is 4.91. The predicted molar refractivity (Wildman–Crippen MR) is 84.9 cm³/mol. The first-order chi connectivity index (χ1) is 8.91. The molecule has 18 heavy (non-hydrogen) atoms. The number of allylic oxidation sites excluding steroid dienone is 6. The average molecular weight is 248 g/mol. The summed E-state index contributed by atoms with van der Waals surface area (Å²) in [6.07, 6.45) is 26.5.